The Morgan fingerprint density at radius 1 is 1.83 bits per heavy atom. The average molecular weight is 100 g/mol. The van der Waals surface area contributed by atoms with Crippen molar-refractivity contribution in [2.45, 2.75) is 5.28 Å². The van der Waals surface area contributed by atoms with Crippen molar-refractivity contribution in [1.29, 1.82) is 0 Å². The number of carbonyl (C=O) groups is 1. The largest absolute Gasteiger partial charge is 0.482 e. The van der Waals surface area contributed by atoms with Crippen LogP contribution < -0.4 is 0 Å². The molecule has 1 heterocycles. The van der Waals surface area contributed by atoms with Crippen molar-refractivity contribution in [3.05, 3.63) is 0 Å². The summed E-state index contributed by atoms with van der Waals surface area (Å²) in [7, 11) is 0. The summed E-state index contributed by atoms with van der Waals surface area (Å²) in [5, 5.41) is 1.05. The molecule has 0 N–H and O–H groups in total. The molecule has 1 rings (SSSR count). The molecular formula is C3H5AlO2. The van der Waals surface area contributed by atoms with Crippen LogP contribution in [-0.4, -0.2) is 26.7 Å². The maximum absolute atomic E-state index is 10.1. The zero-order valence-corrected chi connectivity index (χ0v) is 4.85. The Kier molecular flexibility index (Phi) is 1.14. The van der Waals surface area contributed by atoms with Gasteiger partial charge in [-0.05, 0) is 0 Å². The molecular weight excluding hydrogens is 95.0 g/mol. The molecule has 0 aromatic heterocycles. The van der Waals surface area contributed by atoms with E-state index in [1.807, 2.05) is 0 Å². The molecule has 6 heavy (non-hydrogen) atoms. The van der Waals surface area contributed by atoms with Crippen LogP contribution in [0.2, 0.25) is 5.28 Å². The summed E-state index contributed by atoms with van der Waals surface area (Å²) in [5.74, 6) is 0. The van der Waals surface area contributed by atoms with E-state index in [1.54, 1.807) is 0 Å². The van der Waals surface area contributed by atoms with Gasteiger partial charge in [0, 0.05) is 0 Å². The van der Waals surface area contributed by atoms with E-state index in [4.69, 9.17) is 0 Å². The van der Waals surface area contributed by atoms with E-state index in [-0.39, 0.29) is 4.83 Å². The molecule has 0 aliphatic carbocycles. The zero-order valence-electron chi connectivity index (χ0n) is 3.44. The molecule has 0 unspecified atom stereocenters. The standard InChI is InChI=1S/C3H4O2.Al.H/c1-2-5-3-4;;/h1-2H2;;. The fraction of sp³-hybridized carbons (Fsp3) is 0.667. The minimum absolute atomic E-state index is 0.0926. The Hall–Kier alpha value is 0.00247. The second kappa shape index (κ2) is 1.63. The summed E-state index contributed by atoms with van der Waals surface area (Å²) in [6, 6.07) is 0. The number of hydrogen-bond donors (Lipinski definition) is 0. The van der Waals surface area contributed by atoms with Crippen molar-refractivity contribution in [2.24, 2.45) is 0 Å². The average Bonchev–Trinajstić information content (AvgIpc) is 1.86. The van der Waals surface area contributed by atoms with Gasteiger partial charge in [-0.15, -0.1) is 0 Å². The van der Waals surface area contributed by atoms with Gasteiger partial charge in [0.1, 0.15) is 0 Å². The highest BCUT2D eigenvalue weighted by atomic mass is 27.1. The van der Waals surface area contributed by atoms with Crippen molar-refractivity contribution in [3.63, 3.8) is 0 Å². The smallest absolute Gasteiger partial charge is 0.414 e. The van der Waals surface area contributed by atoms with Gasteiger partial charge in [0.05, 0.1) is 6.61 Å². The lowest BCUT2D eigenvalue weighted by Gasteiger charge is -1.84. The predicted molar refractivity (Wildman–Crippen MR) is 23.3 cm³/mol. The Bertz CT molecular complexity index is 63.2. The highest BCUT2D eigenvalue weighted by molar-refractivity contribution is 6.73. The molecule has 2 nitrogen and oxygen atoms in total. The number of rotatable bonds is 0. The minimum atomic E-state index is -0.394. The number of cyclic esters (lactones) is 1. The van der Waals surface area contributed by atoms with Gasteiger partial charge in [-0.25, -0.2) is 0 Å². The predicted octanol–water partition coefficient (Wildman–Crippen LogP) is -0.00860. The van der Waals surface area contributed by atoms with Crippen molar-refractivity contribution < 1.29 is 9.53 Å². The van der Waals surface area contributed by atoms with Gasteiger partial charge in [0.2, 0.25) is 0 Å². The molecule has 1 aliphatic heterocycles. The summed E-state index contributed by atoms with van der Waals surface area (Å²) in [5.41, 5.74) is 0. The lowest BCUT2D eigenvalue weighted by Crippen LogP contribution is -1.95. The molecule has 0 aromatic rings. The lowest BCUT2D eigenvalue weighted by molar-refractivity contribution is 0.187. The fourth-order valence-corrected chi connectivity index (χ4v) is 1.34. The molecule has 0 atom stereocenters. The topological polar surface area (TPSA) is 26.3 Å². The molecule has 0 amide bonds. The van der Waals surface area contributed by atoms with Gasteiger partial charge in [0.25, 0.3) is 0 Å². The molecule has 0 radical (unpaired) electrons. The summed E-state index contributed by atoms with van der Waals surface area (Å²) < 4.78 is 4.58. The molecule has 32 valence electrons. The van der Waals surface area contributed by atoms with Crippen LogP contribution in [0.15, 0.2) is 0 Å². The van der Waals surface area contributed by atoms with Crippen LogP contribution in [0.4, 0.5) is 4.79 Å². The van der Waals surface area contributed by atoms with Crippen LogP contribution in [0.3, 0.4) is 0 Å². The first-order valence-electron chi connectivity index (χ1n) is 2.05. The molecule has 0 bridgehead atoms. The van der Waals surface area contributed by atoms with Gasteiger partial charge in [-0.2, -0.15) is 0 Å². The van der Waals surface area contributed by atoms with Crippen molar-refractivity contribution in [2.75, 3.05) is 6.61 Å². The molecule has 0 spiro atoms. The van der Waals surface area contributed by atoms with Crippen molar-refractivity contribution in [1.82, 2.24) is 0 Å². The van der Waals surface area contributed by atoms with Crippen LogP contribution in [0.5, 0.6) is 0 Å². The molecule has 1 aliphatic rings. The number of hydrogen-bond acceptors (Lipinski definition) is 2. The third kappa shape index (κ3) is 0.736. The van der Waals surface area contributed by atoms with Gasteiger partial charge >= 0.3 is 15.2 Å². The van der Waals surface area contributed by atoms with Gasteiger partial charge in [0.15, 0.2) is 4.83 Å². The molecule has 0 aromatic carbocycles. The maximum atomic E-state index is 10.1. The third-order valence-corrected chi connectivity index (χ3v) is 2.04. The Morgan fingerprint density at radius 2 is 2.67 bits per heavy atom. The zero-order chi connectivity index (χ0) is 4.41. The second-order valence-electron chi connectivity index (χ2n) is 1.32. The highest BCUT2D eigenvalue weighted by Crippen LogP contribution is 1.94. The quantitative estimate of drug-likeness (QED) is 0.400. The van der Waals surface area contributed by atoms with Gasteiger partial charge in [-0.3, -0.25) is 4.79 Å². The number of ether oxygens (including phenoxy) is 1. The van der Waals surface area contributed by atoms with E-state index in [0.29, 0.717) is 6.61 Å². The molecule has 1 fully saturated rings. The van der Waals surface area contributed by atoms with Crippen LogP contribution in [0.1, 0.15) is 0 Å². The first kappa shape index (κ1) is 4.17. The Morgan fingerprint density at radius 3 is 2.83 bits per heavy atom. The van der Waals surface area contributed by atoms with E-state index in [9.17, 15) is 4.79 Å². The monoisotopic (exact) mass is 100 g/mol. The lowest BCUT2D eigenvalue weighted by atomic mass is 10.9. The first-order chi connectivity index (χ1) is 2.89. The molecule has 1 saturated heterocycles. The van der Waals surface area contributed by atoms with E-state index in [0.717, 1.165) is 5.28 Å². The van der Waals surface area contributed by atoms with E-state index in [1.165, 1.54) is 0 Å². The molecule has 3 heteroatoms. The summed E-state index contributed by atoms with van der Waals surface area (Å²) in [6.45, 7) is 0.699. The van der Waals surface area contributed by atoms with Crippen LogP contribution in [0.25, 0.3) is 0 Å². The summed E-state index contributed by atoms with van der Waals surface area (Å²) >= 11 is -0.394. The van der Waals surface area contributed by atoms with Crippen molar-refractivity contribution in [3.8, 4) is 0 Å². The normalized spacial score (nSPS) is 19.7. The van der Waals surface area contributed by atoms with E-state index < -0.39 is 15.2 Å². The maximum Gasteiger partial charge on any atom is 0.414 e. The van der Waals surface area contributed by atoms with Crippen LogP contribution in [-0.2, 0) is 4.74 Å². The Balaban J connectivity index is 2.37. The minimum Gasteiger partial charge on any atom is -0.482 e. The van der Waals surface area contributed by atoms with E-state index >= 15 is 0 Å². The van der Waals surface area contributed by atoms with E-state index in [2.05, 4.69) is 4.74 Å². The van der Waals surface area contributed by atoms with Crippen LogP contribution >= 0.6 is 0 Å². The van der Waals surface area contributed by atoms with Gasteiger partial charge < -0.3 is 4.74 Å². The van der Waals surface area contributed by atoms with Gasteiger partial charge in [-0.1, -0.05) is 5.28 Å². The SMILES string of the molecule is O=[C]1OC[CH2][AlH]1. The van der Waals surface area contributed by atoms with Crippen molar-refractivity contribution >= 4 is 20.1 Å². The summed E-state index contributed by atoms with van der Waals surface area (Å²) in [6.07, 6.45) is 0. The first-order valence-corrected chi connectivity index (χ1v) is 3.76. The number of carbonyl (C=O) groups excluding carboxylic acids is 1. The highest BCUT2D eigenvalue weighted by Gasteiger charge is 2.13. The van der Waals surface area contributed by atoms with Crippen LogP contribution in [0, 0.1) is 0 Å². The Labute approximate surface area is 42.2 Å². The third-order valence-electron chi connectivity index (χ3n) is 0.788. The fourth-order valence-electron chi connectivity index (χ4n) is 0.475. The second-order valence-corrected chi connectivity index (χ2v) is 3.11. The molecule has 0 saturated carbocycles. The summed E-state index contributed by atoms with van der Waals surface area (Å²) in [4.78, 5) is 10.2.